The monoisotopic (exact) mass is 300 g/mol. The van der Waals surface area contributed by atoms with Crippen molar-refractivity contribution in [3.8, 4) is 0 Å². The summed E-state index contributed by atoms with van der Waals surface area (Å²) in [4.78, 5) is 12.4. The first-order valence-electron chi connectivity index (χ1n) is 8.07. The number of ether oxygens (including phenoxy) is 2. The van der Waals surface area contributed by atoms with Crippen LogP contribution in [0.15, 0.2) is 0 Å². The van der Waals surface area contributed by atoms with Gasteiger partial charge in [0.1, 0.15) is 6.10 Å². The number of aliphatic hydroxyl groups excluding tert-OH is 2. The van der Waals surface area contributed by atoms with Crippen molar-refractivity contribution < 1.29 is 24.5 Å². The highest BCUT2D eigenvalue weighted by molar-refractivity contribution is 5.77. The molecule has 2 heterocycles. The molecule has 2 aliphatic heterocycles. The van der Waals surface area contributed by atoms with Gasteiger partial charge in [0.25, 0.3) is 0 Å². The number of carbonyl (C=O) groups excluding carboxylic acids is 1. The Bertz CT molecular complexity index is 368. The molecule has 0 aliphatic carbocycles. The molecular formula is C16H28O5. The van der Waals surface area contributed by atoms with Crippen LogP contribution in [0.2, 0.25) is 0 Å². The first-order chi connectivity index (χ1) is 9.84. The molecule has 2 fully saturated rings. The van der Waals surface area contributed by atoms with Crippen LogP contribution in [-0.2, 0) is 14.3 Å². The van der Waals surface area contributed by atoms with Crippen LogP contribution >= 0.6 is 0 Å². The number of fused-ring (bicyclic) bond motifs is 2. The van der Waals surface area contributed by atoms with Crippen molar-refractivity contribution in [3.63, 3.8) is 0 Å². The Morgan fingerprint density at radius 2 is 2.10 bits per heavy atom. The lowest BCUT2D eigenvalue weighted by Gasteiger charge is -2.30. The second-order valence-electron chi connectivity index (χ2n) is 6.97. The van der Waals surface area contributed by atoms with Crippen molar-refractivity contribution in [3.05, 3.63) is 0 Å². The fourth-order valence-electron chi connectivity index (χ4n) is 3.28. The molecule has 0 spiro atoms. The molecule has 2 bridgehead atoms. The zero-order chi connectivity index (χ0) is 15.6. The molecule has 5 unspecified atom stereocenters. The molecular weight excluding hydrogens is 272 g/mol. The van der Waals surface area contributed by atoms with E-state index >= 15 is 0 Å². The zero-order valence-corrected chi connectivity index (χ0v) is 13.2. The number of hydrogen-bond acceptors (Lipinski definition) is 5. The van der Waals surface area contributed by atoms with Gasteiger partial charge in [0.05, 0.1) is 29.8 Å². The van der Waals surface area contributed by atoms with E-state index in [0.717, 1.165) is 19.3 Å². The summed E-state index contributed by atoms with van der Waals surface area (Å²) in [6, 6.07) is 0. The molecule has 5 nitrogen and oxygen atoms in total. The average Bonchev–Trinajstić information content (AvgIpc) is 2.88. The Morgan fingerprint density at radius 1 is 1.38 bits per heavy atom. The summed E-state index contributed by atoms with van der Waals surface area (Å²) < 4.78 is 11.5. The van der Waals surface area contributed by atoms with E-state index in [0.29, 0.717) is 19.3 Å². The van der Waals surface area contributed by atoms with Crippen LogP contribution in [0, 0.1) is 5.41 Å². The quantitative estimate of drug-likeness (QED) is 0.774. The first kappa shape index (κ1) is 16.7. The molecule has 0 amide bonds. The van der Waals surface area contributed by atoms with Crippen molar-refractivity contribution in [1.82, 2.24) is 0 Å². The minimum atomic E-state index is -0.716. The molecule has 21 heavy (non-hydrogen) atoms. The summed E-state index contributed by atoms with van der Waals surface area (Å²) in [6.45, 7) is 5.67. The maximum atomic E-state index is 12.4. The van der Waals surface area contributed by atoms with Crippen LogP contribution in [0.25, 0.3) is 0 Å². The third-order valence-corrected chi connectivity index (χ3v) is 4.75. The SMILES string of the molecule is CCCC(O)CC1CC(O)C2CCC(O2)C(C)(C)C(=O)O1. The third kappa shape index (κ3) is 3.76. The molecule has 5 atom stereocenters. The van der Waals surface area contributed by atoms with Gasteiger partial charge in [-0.15, -0.1) is 0 Å². The average molecular weight is 300 g/mol. The van der Waals surface area contributed by atoms with E-state index in [4.69, 9.17) is 9.47 Å². The molecule has 0 radical (unpaired) electrons. The van der Waals surface area contributed by atoms with E-state index in [1.807, 2.05) is 20.8 Å². The lowest BCUT2D eigenvalue weighted by molar-refractivity contribution is -0.167. The molecule has 0 aromatic heterocycles. The predicted octanol–water partition coefficient (Wildman–Crippen LogP) is 1.79. The summed E-state index contributed by atoms with van der Waals surface area (Å²) >= 11 is 0. The standard InChI is InChI=1S/C16H28O5/c1-4-5-10(17)8-11-9-12(18)13-6-7-14(21-13)16(2,3)15(19)20-11/h10-14,17-18H,4-9H2,1-3H3. The van der Waals surface area contributed by atoms with Crippen LogP contribution in [-0.4, -0.2) is 46.7 Å². The maximum absolute atomic E-state index is 12.4. The maximum Gasteiger partial charge on any atom is 0.314 e. The Balaban J connectivity index is 2.11. The van der Waals surface area contributed by atoms with Crippen LogP contribution in [0.5, 0.6) is 0 Å². The predicted molar refractivity (Wildman–Crippen MR) is 77.7 cm³/mol. The van der Waals surface area contributed by atoms with E-state index < -0.39 is 23.7 Å². The van der Waals surface area contributed by atoms with Crippen LogP contribution in [0.4, 0.5) is 0 Å². The van der Waals surface area contributed by atoms with Gasteiger partial charge in [0.15, 0.2) is 0 Å². The minimum Gasteiger partial charge on any atom is -0.462 e. The van der Waals surface area contributed by atoms with Gasteiger partial charge in [-0.05, 0) is 33.1 Å². The fourth-order valence-corrected chi connectivity index (χ4v) is 3.28. The summed E-state index contributed by atoms with van der Waals surface area (Å²) in [5.74, 6) is -0.295. The Morgan fingerprint density at radius 3 is 2.76 bits per heavy atom. The van der Waals surface area contributed by atoms with Crippen molar-refractivity contribution >= 4 is 5.97 Å². The van der Waals surface area contributed by atoms with Gasteiger partial charge in [0.2, 0.25) is 0 Å². The van der Waals surface area contributed by atoms with Gasteiger partial charge in [-0.1, -0.05) is 13.3 Å². The highest BCUT2D eigenvalue weighted by Gasteiger charge is 2.47. The Labute approximate surface area is 126 Å². The summed E-state index contributed by atoms with van der Waals surface area (Å²) in [5, 5.41) is 20.3. The van der Waals surface area contributed by atoms with Crippen molar-refractivity contribution in [1.29, 1.82) is 0 Å². The normalized spacial score (nSPS) is 37.3. The molecule has 2 rings (SSSR count). The first-order valence-corrected chi connectivity index (χ1v) is 8.07. The molecule has 5 heteroatoms. The zero-order valence-electron chi connectivity index (χ0n) is 13.2. The van der Waals surface area contributed by atoms with Crippen molar-refractivity contribution in [2.45, 2.75) is 89.8 Å². The van der Waals surface area contributed by atoms with E-state index in [9.17, 15) is 15.0 Å². The molecule has 2 aliphatic rings. The molecule has 0 saturated carbocycles. The lowest BCUT2D eigenvalue weighted by Crippen LogP contribution is -2.40. The minimum absolute atomic E-state index is 0.205. The Kier molecular flexibility index (Phi) is 5.28. The van der Waals surface area contributed by atoms with Crippen LogP contribution < -0.4 is 0 Å². The highest BCUT2D eigenvalue weighted by Crippen LogP contribution is 2.38. The van der Waals surface area contributed by atoms with Gasteiger partial charge in [-0.3, -0.25) is 4.79 Å². The summed E-state index contributed by atoms with van der Waals surface area (Å²) in [7, 11) is 0. The largest absolute Gasteiger partial charge is 0.462 e. The smallest absolute Gasteiger partial charge is 0.314 e. The lowest BCUT2D eigenvalue weighted by atomic mass is 9.84. The van der Waals surface area contributed by atoms with E-state index in [-0.39, 0.29) is 18.2 Å². The van der Waals surface area contributed by atoms with E-state index in [2.05, 4.69) is 0 Å². The molecule has 0 aromatic rings. The number of esters is 1. The van der Waals surface area contributed by atoms with Gasteiger partial charge in [0, 0.05) is 12.8 Å². The second kappa shape index (κ2) is 6.63. The number of rotatable bonds is 4. The number of carbonyl (C=O) groups is 1. The fraction of sp³-hybridized carbons (Fsp3) is 0.938. The molecule has 0 aromatic carbocycles. The van der Waals surface area contributed by atoms with E-state index in [1.54, 1.807) is 0 Å². The third-order valence-electron chi connectivity index (χ3n) is 4.75. The molecule has 2 saturated heterocycles. The highest BCUT2D eigenvalue weighted by atomic mass is 16.6. The van der Waals surface area contributed by atoms with Crippen LogP contribution in [0.3, 0.4) is 0 Å². The van der Waals surface area contributed by atoms with Gasteiger partial charge < -0.3 is 19.7 Å². The second-order valence-corrected chi connectivity index (χ2v) is 6.97. The Hall–Kier alpha value is -0.650. The van der Waals surface area contributed by atoms with Crippen molar-refractivity contribution in [2.75, 3.05) is 0 Å². The van der Waals surface area contributed by atoms with Gasteiger partial charge in [-0.25, -0.2) is 0 Å². The topological polar surface area (TPSA) is 76.0 Å². The number of cyclic esters (lactones) is 1. The molecule has 122 valence electrons. The van der Waals surface area contributed by atoms with E-state index in [1.165, 1.54) is 0 Å². The summed E-state index contributed by atoms with van der Waals surface area (Å²) in [6.07, 6.45) is 1.79. The van der Waals surface area contributed by atoms with Gasteiger partial charge >= 0.3 is 5.97 Å². The van der Waals surface area contributed by atoms with Gasteiger partial charge in [-0.2, -0.15) is 0 Å². The number of hydrogen-bond donors (Lipinski definition) is 2. The number of aliphatic hydroxyl groups is 2. The van der Waals surface area contributed by atoms with Crippen molar-refractivity contribution in [2.24, 2.45) is 5.41 Å². The summed E-state index contributed by atoms with van der Waals surface area (Å²) in [5.41, 5.74) is -0.716. The van der Waals surface area contributed by atoms with Crippen LogP contribution in [0.1, 0.15) is 59.3 Å². The molecule has 2 N–H and O–H groups in total.